The summed E-state index contributed by atoms with van der Waals surface area (Å²) in [6, 6.07) is 13.5. The van der Waals surface area contributed by atoms with Gasteiger partial charge in [-0.15, -0.1) is 11.3 Å². The Kier molecular flexibility index (Phi) is 6.25. The largest absolute Gasteiger partial charge is 0.380 e. The van der Waals surface area contributed by atoms with E-state index < -0.39 is 0 Å². The minimum atomic E-state index is 0.471. The van der Waals surface area contributed by atoms with E-state index in [2.05, 4.69) is 54.0 Å². The molecule has 3 heteroatoms. The van der Waals surface area contributed by atoms with E-state index in [0.717, 1.165) is 6.54 Å². The van der Waals surface area contributed by atoms with Crippen molar-refractivity contribution in [1.82, 2.24) is 5.32 Å². The van der Waals surface area contributed by atoms with E-state index in [1.54, 1.807) is 7.11 Å². The van der Waals surface area contributed by atoms with Crippen molar-refractivity contribution in [2.75, 3.05) is 7.11 Å². The molecule has 1 aromatic heterocycles. The van der Waals surface area contributed by atoms with Crippen LogP contribution in [0.4, 0.5) is 0 Å². The van der Waals surface area contributed by atoms with Crippen molar-refractivity contribution >= 4 is 11.3 Å². The van der Waals surface area contributed by atoms with Gasteiger partial charge in [-0.2, -0.15) is 0 Å². The van der Waals surface area contributed by atoms with Crippen LogP contribution in [0.25, 0.3) is 0 Å². The lowest BCUT2D eigenvalue weighted by Gasteiger charge is -2.17. The predicted molar refractivity (Wildman–Crippen MR) is 86.0 cm³/mol. The van der Waals surface area contributed by atoms with E-state index in [1.807, 2.05) is 11.3 Å². The molecular weight excluding hydrogens is 266 g/mol. The fourth-order valence-corrected chi connectivity index (χ4v) is 3.12. The van der Waals surface area contributed by atoms with Crippen LogP contribution in [-0.4, -0.2) is 7.11 Å². The van der Waals surface area contributed by atoms with Crippen molar-refractivity contribution in [3.8, 4) is 0 Å². The number of benzene rings is 1. The lowest BCUT2D eigenvalue weighted by molar-refractivity contribution is 0.185. The summed E-state index contributed by atoms with van der Waals surface area (Å²) in [5.41, 5.74) is 2.54. The SMILES string of the molecule is CCCC(NCc1ccc(COC)cc1)c1cccs1. The maximum absolute atomic E-state index is 5.13. The third-order valence-corrected chi connectivity index (χ3v) is 4.34. The van der Waals surface area contributed by atoms with Gasteiger partial charge in [0.2, 0.25) is 0 Å². The number of methoxy groups -OCH3 is 1. The van der Waals surface area contributed by atoms with E-state index in [-0.39, 0.29) is 0 Å². The third kappa shape index (κ3) is 4.44. The Hall–Kier alpha value is -1.16. The van der Waals surface area contributed by atoms with Gasteiger partial charge in [0.1, 0.15) is 0 Å². The van der Waals surface area contributed by atoms with Gasteiger partial charge in [-0.05, 0) is 29.0 Å². The zero-order valence-electron chi connectivity index (χ0n) is 12.3. The number of nitrogens with one attached hydrogen (secondary N) is 1. The van der Waals surface area contributed by atoms with Crippen LogP contribution in [-0.2, 0) is 17.9 Å². The minimum absolute atomic E-state index is 0.471. The summed E-state index contributed by atoms with van der Waals surface area (Å²) in [5, 5.41) is 5.82. The Morgan fingerprint density at radius 2 is 1.90 bits per heavy atom. The Bertz CT molecular complexity index is 478. The van der Waals surface area contributed by atoms with Crippen LogP contribution in [0.1, 0.15) is 41.8 Å². The molecule has 0 radical (unpaired) electrons. The van der Waals surface area contributed by atoms with Gasteiger partial charge in [0.15, 0.2) is 0 Å². The highest BCUT2D eigenvalue weighted by atomic mass is 32.1. The normalized spacial score (nSPS) is 12.5. The highest BCUT2D eigenvalue weighted by molar-refractivity contribution is 7.10. The lowest BCUT2D eigenvalue weighted by atomic mass is 10.1. The van der Waals surface area contributed by atoms with Crippen molar-refractivity contribution in [2.24, 2.45) is 0 Å². The Morgan fingerprint density at radius 1 is 1.15 bits per heavy atom. The standard InChI is InChI=1S/C17H23NOS/c1-3-5-16(17-6-4-11-20-17)18-12-14-7-9-15(10-8-14)13-19-2/h4,6-11,16,18H,3,5,12-13H2,1-2H3. The molecule has 0 aliphatic carbocycles. The zero-order valence-corrected chi connectivity index (χ0v) is 13.1. The summed E-state index contributed by atoms with van der Waals surface area (Å²) in [4.78, 5) is 1.43. The molecule has 0 amide bonds. The molecule has 1 unspecified atom stereocenters. The second-order valence-corrected chi connectivity index (χ2v) is 5.97. The van der Waals surface area contributed by atoms with Crippen LogP contribution in [0.2, 0.25) is 0 Å². The van der Waals surface area contributed by atoms with Gasteiger partial charge < -0.3 is 10.1 Å². The second-order valence-electron chi connectivity index (χ2n) is 4.99. The van der Waals surface area contributed by atoms with E-state index in [1.165, 1.54) is 28.8 Å². The second kappa shape index (κ2) is 8.20. The fraction of sp³-hybridized carbons (Fsp3) is 0.412. The summed E-state index contributed by atoms with van der Waals surface area (Å²) in [6.07, 6.45) is 2.38. The molecule has 1 atom stereocenters. The lowest BCUT2D eigenvalue weighted by Crippen LogP contribution is -2.19. The topological polar surface area (TPSA) is 21.3 Å². The average molecular weight is 289 g/mol. The van der Waals surface area contributed by atoms with Crippen molar-refractivity contribution in [3.63, 3.8) is 0 Å². The molecular formula is C17H23NOS. The summed E-state index contributed by atoms with van der Waals surface area (Å²) in [6.45, 7) is 3.83. The van der Waals surface area contributed by atoms with E-state index in [9.17, 15) is 0 Å². The summed E-state index contributed by atoms with van der Waals surface area (Å²) in [7, 11) is 1.73. The molecule has 0 saturated carbocycles. The van der Waals surface area contributed by atoms with Crippen LogP contribution in [0, 0.1) is 0 Å². The third-order valence-electron chi connectivity index (χ3n) is 3.35. The van der Waals surface area contributed by atoms with Crippen molar-refractivity contribution in [3.05, 3.63) is 57.8 Å². The van der Waals surface area contributed by atoms with E-state index in [4.69, 9.17) is 4.74 Å². The smallest absolute Gasteiger partial charge is 0.0713 e. The monoisotopic (exact) mass is 289 g/mol. The quantitative estimate of drug-likeness (QED) is 0.771. The number of thiophene rings is 1. The first kappa shape index (κ1) is 15.2. The number of hydrogen-bond donors (Lipinski definition) is 1. The maximum Gasteiger partial charge on any atom is 0.0713 e. The first-order valence-corrected chi connectivity index (χ1v) is 8.05. The fourth-order valence-electron chi connectivity index (χ4n) is 2.28. The number of ether oxygens (including phenoxy) is 1. The van der Waals surface area contributed by atoms with Gasteiger partial charge in [0.05, 0.1) is 6.61 Å². The molecule has 2 nitrogen and oxygen atoms in total. The van der Waals surface area contributed by atoms with Gasteiger partial charge in [-0.3, -0.25) is 0 Å². The van der Waals surface area contributed by atoms with Crippen molar-refractivity contribution < 1.29 is 4.74 Å². The average Bonchev–Trinajstić information content (AvgIpc) is 2.99. The molecule has 0 spiro atoms. The Morgan fingerprint density at radius 3 is 2.50 bits per heavy atom. The molecule has 20 heavy (non-hydrogen) atoms. The van der Waals surface area contributed by atoms with Crippen LogP contribution in [0.3, 0.4) is 0 Å². The number of hydrogen-bond acceptors (Lipinski definition) is 3. The molecule has 1 N–H and O–H groups in total. The van der Waals surface area contributed by atoms with Crippen LogP contribution >= 0.6 is 11.3 Å². The predicted octanol–water partition coefficient (Wildman–Crippen LogP) is 4.53. The molecule has 0 aliphatic heterocycles. The van der Waals surface area contributed by atoms with Crippen LogP contribution < -0.4 is 5.32 Å². The van der Waals surface area contributed by atoms with Gasteiger partial charge in [-0.25, -0.2) is 0 Å². The molecule has 0 saturated heterocycles. The van der Waals surface area contributed by atoms with Crippen LogP contribution in [0.15, 0.2) is 41.8 Å². The molecule has 1 aromatic carbocycles. The molecule has 0 fully saturated rings. The minimum Gasteiger partial charge on any atom is -0.380 e. The van der Waals surface area contributed by atoms with Gasteiger partial charge >= 0.3 is 0 Å². The molecule has 2 aromatic rings. The molecule has 0 aliphatic rings. The zero-order chi connectivity index (χ0) is 14.2. The van der Waals surface area contributed by atoms with Gasteiger partial charge in [0.25, 0.3) is 0 Å². The molecule has 108 valence electrons. The summed E-state index contributed by atoms with van der Waals surface area (Å²) in [5.74, 6) is 0. The highest BCUT2D eigenvalue weighted by Crippen LogP contribution is 2.23. The number of rotatable bonds is 8. The summed E-state index contributed by atoms with van der Waals surface area (Å²) >= 11 is 1.84. The molecule has 1 heterocycles. The summed E-state index contributed by atoms with van der Waals surface area (Å²) < 4.78 is 5.13. The highest BCUT2D eigenvalue weighted by Gasteiger charge is 2.10. The Balaban J connectivity index is 1.92. The van der Waals surface area contributed by atoms with Crippen molar-refractivity contribution in [2.45, 2.75) is 39.0 Å². The van der Waals surface area contributed by atoms with E-state index in [0.29, 0.717) is 12.6 Å². The first-order valence-electron chi connectivity index (χ1n) is 7.17. The van der Waals surface area contributed by atoms with Gasteiger partial charge in [0, 0.05) is 24.6 Å². The van der Waals surface area contributed by atoms with Crippen LogP contribution in [0.5, 0.6) is 0 Å². The van der Waals surface area contributed by atoms with Crippen molar-refractivity contribution in [1.29, 1.82) is 0 Å². The molecule has 0 bridgehead atoms. The van der Waals surface area contributed by atoms with E-state index >= 15 is 0 Å². The van der Waals surface area contributed by atoms with Gasteiger partial charge in [-0.1, -0.05) is 43.7 Å². The maximum atomic E-state index is 5.13. The Labute approximate surface area is 125 Å². The molecule has 2 rings (SSSR count). The first-order chi connectivity index (χ1) is 9.83.